The highest BCUT2D eigenvalue weighted by Crippen LogP contribution is 2.28. The zero-order chi connectivity index (χ0) is 25.6. The van der Waals surface area contributed by atoms with Crippen LogP contribution in [0.2, 0.25) is 0 Å². The number of nitrogens with zero attached hydrogens (tertiary/aromatic N) is 4. The van der Waals surface area contributed by atoms with Crippen molar-refractivity contribution in [3.63, 3.8) is 0 Å². The minimum absolute atomic E-state index is 0.171. The normalized spacial score (nSPS) is 11.2. The molecule has 0 aliphatic rings. The van der Waals surface area contributed by atoms with Crippen LogP contribution in [0.15, 0.2) is 65.8 Å². The largest absolute Gasteiger partial charge is 0.465 e. The van der Waals surface area contributed by atoms with E-state index in [0.29, 0.717) is 0 Å². The summed E-state index contributed by atoms with van der Waals surface area (Å²) >= 11 is 0. The van der Waals surface area contributed by atoms with Crippen molar-refractivity contribution < 1.29 is 32.4 Å². The SMILES string of the molecule is COC(=O)c1ccc(CN(Cc2ccc(C(=O)OC)cn2)S(=O)(=O)c2ccccc2[N+](=O)[O-])nc1. The van der Waals surface area contributed by atoms with Crippen LogP contribution in [0.4, 0.5) is 5.69 Å². The summed E-state index contributed by atoms with van der Waals surface area (Å²) in [4.78, 5) is 41.8. The fourth-order valence-electron chi connectivity index (χ4n) is 3.07. The molecule has 0 atom stereocenters. The predicted molar refractivity (Wildman–Crippen MR) is 121 cm³/mol. The Morgan fingerprint density at radius 2 is 1.37 bits per heavy atom. The summed E-state index contributed by atoms with van der Waals surface area (Å²) < 4.78 is 37.3. The number of hydrogen-bond donors (Lipinski definition) is 0. The van der Waals surface area contributed by atoms with Gasteiger partial charge in [0.2, 0.25) is 0 Å². The molecule has 0 amide bonds. The number of nitro groups is 1. The molecule has 35 heavy (non-hydrogen) atoms. The molecule has 0 unspecified atom stereocenters. The number of rotatable bonds is 9. The van der Waals surface area contributed by atoms with Crippen molar-refractivity contribution in [2.75, 3.05) is 14.2 Å². The fraction of sp³-hybridized carbons (Fsp3) is 0.182. The van der Waals surface area contributed by atoms with Crippen LogP contribution in [0.3, 0.4) is 0 Å². The lowest BCUT2D eigenvalue weighted by Crippen LogP contribution is -2.31. The van der Waals surface area contributed by atoms with Gasteiger partial charge in [-0.05, 0) is 30.3 Å². The van der Waals surface area contributed by atoms with Gasteiger partial charge in [0.1, 0.15) is 0 Å². The zero-order valence-corrected chi connectivity index (χ0v) is 19.5. The van der Waals surface area contributed by atoms with Crippen molar-refractivity contribution in [3.8, 4) is 0 Å². The van der Waals surface area contributed by atoms with E-state index in [1.807, 2.05) is 0 Å². The smallest absolute Gasteiger partial charge is 0.339 e. The van der Waals surface area contributed by atoms with Gasteiger partial charge in [0.05, 0.1) is 54.7 Å². The maximum Gasteiger partial charge on any atom is 0.339 e. The molecular weight excluding hydrogens is 480 g/mol. The molecule has 1 aromatic carbocycles. The Bertz CT molecular complexity index is 1280. The highest BCUT2D eigenvalue weighted by atomic mass is 32.2. The van der Waals surface area contributed by atoms with E-state index in [-0.39, 0.29) is 35.6 Å². The number of carbonyl (C=O) groups excluding carboxylic acids is 2. The van der Waals surface area contributed by atoms with Crippen LogP contribution in [0.25, 0.3) is 0 Å². The van der Waals surface area contributed by atoms with E-state index in [1.54, 1.807) is 0 Å². The molecule has 0 bridgehead atoms. The summed E-state index contributed by atoms with van der Waals surface area (Å²) in [5.74, 6) is -1.22. The molecule has 0 saturated carbocycles. The summed E-state index contributed by atoms with van der Waals surface area (Å²) in [6.07, 6.45) is 2.47. The first-order chi connectivity index (χ1) is 16.7. The summed E-state index contributed by atoms with van der Waals surface area (Å²) in [5, 5.41) is 11.5. The van der Waals surface area contributed by atoms with Gasteiger partial charge in [-0.1, -0.05) is 12.1 Å². The number of nitro benzene ring substituents is 1. The summed E-state index contributed by atoms with van der Waals surface area (Å²) in [5.41, 5.74) is 0.298. The lowest BCUT2D eigenvalue weighted by Gasteiger charge is -2.21. The number of esters is 2. The van der Waals surface area contributed by atoms with E-state index in [2.05, 4.69) is 19.4 Å². The number of pyridine rings is 2. The van der Waals surface area contributed by atoms with Crippen LogP contribution >= 0.6 is 0 Å². The molecule has 0 fully saturated rings. The van der Waals surface area contributed by atoms with Crippen molar-refractivity contribution in [3.05, 3.63) is 93.6 Å². The topological polar surface area (TPSA) is 159 Å². The first-order valence-corrected chi connectivity index (χ1v) is 11.4. The minimum atomic E-state index is -4.41. The molecule has 3 aromatic rings. The second-order valence-electron chi connectivity index (χ2n) is 7.06. The van der Waals surface area contributed by atoms with Crippen LogP contribution in [-0.2, 0) is 32.6 Å². The van der Waals surface area contributed by atoms with Gasteiger partial charge in [0.25, 0.3) is 15.7 Å². The van der Waals surface area contributed by atoms with Gasteiger partial charge in [-0.15, -0.1) is 0 Å². The Balaban J connectivity index is 2.00. The number of ether oxygens (including phenoxy) is 2. The lowest BCUT2D eigenvalue weighted by atomic mass is 10.2. The van der Waals surface area contributed by atoms with Crippen molar-refractivity contribution in [2.45, 2.75) is 18.0 Å². The Labute approximate surface area is 200 Å². The molecule has 2 heterocycles. The van der Waals surface area contributed by atoms with E-state index in [1.165, 1.54) is 63.0 Å². The molecule has 0 spiro atoms. The third-order valence-electron chi connectivity index (χ3n) is 4.85. The molecule has 3 rings (SSSR count). The number of hydrogen-bond acceptors (Lipinski definition) is 10. The fourth-order valence-corrected chi connectivity index (χ4v) is 4.61. The van der Waals surface area contributed by atoms with Crippen molar-refractivity contribution >= 4 is 27.6 Å². The lowest BCUT2D eigenvalue weighted by molar-refractivity contribution is -0.387. The highest BCUT2D eigenvalue weighted by molar-refractivity contribution is 7.89. The second-order valence-corrected chi connectivity index (χ2v) is 8.96. The Kier molecular flexibility index (Phi) is 7.83. The van der Waals surface area contributed by atoms with Crippen molar-refractivity contribution in [2.24, 2.45) is 0 Å². The number of para-hydroxylation sites is 1. The third-order valence-corrected chi connectivity index (χ3v) is 6.69. The average Bonchev–Trinajstić information content (AvgIpc) is 2.88. The maximum atomic E-state index is 13.5. The van der Waals surface area contributed by atoms with Crippen LogP contribution in [-0.4, -0.2) is 53.8 Å². The van der Waals surface area contributed by atoms with Gasteiger partial charge in [-0.3, -0.25) is 20.1 Å². The van der Waals surface area contributed by atoms with Gasteiger partial charge in [-0.25, -0.2) is 18.0 Å². The molecule has 12 nitrogen and oxygen atoms in total. The van der Waals surface area contributed by atoms with Gasteiger partial charge < -0.3 is 9.47 Å². The zero-order valence-electron chi connectivity index (χ0n) is 18.7. The summed E-state index contributed by atoms with van der Waals surface area (Å²) in [6, 6.07) is 10.7. The number of methoxy groups -OCH3 is 2. The van der Waals surface area contributed by atoms with Gasteiger partial charge in [0, 0.05) is 18.5 Å². The molecule has 13 heteroatoms. The molecule has 182 valence electrons. The minimum Gasteiger partial charge on any atom is -0.465 e. The number of benzene rings is 1. The highest BCUT2D eigenvalue weighted by Gasteiger charge is 2.32. The van der Waals surface area contributed by atoms with Gasteiger partial charge in [-0.2, -0.15) is 4.31 Å². The third kappa shape index (κ3) is 5.83. The summed E-state index contributed by atoms with van der Waals surface area (Å²) in [6.45, 7) is -0.563. The van der Waals surface area contributed by atoms with E-state index in [9.17, 15) is 28.1 Å². The first kappa shape index (κ1) is 25.4. The number of aromatic nitrogens is 2. The first-order valence-electron chi connectivity index (χ1n) is 9.97. The standard InChI is InChI=1S/C22H20N4O8S/c1-33-21(27)15-7-9-17(23-11-15)13-25(14-18-10-8-16(12-24-18)22(28)34-2)35(31,32)20-6-4-3-5-19(20)26(29)30/h3-12H,13-14H2,1-2H3. The number of sulfonamides is 1. The Hall–Kier alpha value is -4.23. The van der Waals surface area contributed by atoms with Crippen LogP contribution in [0, 0.1) is 10.1 Å². The molecule has 0 radical (unpaired) electrons. The van der Waals surface area contributed by atoms with E-state index in [4.69, 9.17) is 0 Å². The molecule has 0 N–H and O–H groups in total. The molecular formula is C22H20N4O8S. The van der Waals surface area contributed by atoms with E-state index in [0.717, 1.165) is 16.4 Å². The van der Waals surface area contributed by atoms with E-state index >= 15 is 0 Å². The molecule has 0 aliphatic heterocycles. The van der Waals surface area contributed by atoms with Gasteiger partial charge in [0.15, 0.2) is 4.90 Å². The molecule has 0 aliphatic carbocycles. The van der Waals surface area contributed by atoms with Crippen molar-refractivity contribution in [1.29, 1.82) is 0 Å². The van der Waals surface area contributed by atoms with Crippen LogP contribution < -0.4 is 0 Å². The van der Waals surface area contributed by atoms with E-state index < -0.39 is 37.5 Å². The predicted octanol–water partition coefficient (Wildman–Crippen LogP) is 2.35. The van der Waals surface area contributed by atoms with Crippen LogP contribution in [0.1, 0.15) is 32.1 Å². The van der Waals surface area contributed by atoms with Crippen LogP contribution in [0.5, 0.6) is 0 Å². The maximum absolute atomic E-state index is 13.5. The second kappa shape index (κ2) is 10.8. The molecule has 0 saturated heterocycles. The van der Waals surface area contributed by atoms with Crippen molar-refractivity contribution in [1.82, 2.24) is 14.3 Å². The Morgan fingerprint density at radius 1 is 0.886 bits per heavy atom. The summed E-state index contributed by atoms with van der Waals surface area (Å²) in [7, 11) is -1.97. The monoisotopic (exact) mass is 500 g/mol. The Morgan fingerprint density at radius 3 is 1.77 bits per heavy atom. The van der Waals surface area contributed by atoms with Gasteiger partial charge >= 0.3 is 11.9 Å². The quantitative estimate of drug-likeness (QED) is 0.242. The average molecular weight is 500 g/mol. The molecule has 2 aromatic heterocycles. The number of carbonyl (C=O) groups is 2.